The molecule has 1 atom stereocenters. The third kappa shape index (κ3) is 4.83. The van der Waals surface area contributed by atoms with Gasteiger partial charge in [-0.1, -0.05) is 6.92 Å². The van der Waals surface area contributed by atoms with Crippen LogP contribution in [0.15, 0.2) is 0 Å². The van der Waals surface area contributed by atoms with Crippen molar-refractivity contribution in [3.63, 3.8) is 0 Å². The van der Waals surface area contributed by atoms with Crippen LogP contribution in [-0.2, 0) is 9.59 Å². The van der Waals surface area contributed by atoms with E-state index in [-0.39, 0.29) is 0 Å². The molecule has 112 valence electrons. The molecule has 0 aliphatic heterocycles. The van der Waals surface area contributed by atoms with Crippen molar-refractivity contribution in [3.8, 4) is 0 Å². The van der Waals surface area contributed by atoms with Crippen molar-refractivity contribution in [2.45, 2.75) is 46.0 Å². The first kappa shape index (κ1) is 17.9. The van der Waals surface area contributed by atoms with Crippen molar-refractivity contribution in [1.29, 1.82) is 0 Å². The second kappa shape index (κ2) is 5.50. The van der Waals surface area contributed by atoms with Crippen molar-refractivity contribution in [2.75, 3.05) is 0 Å². The lowest BCUT2D eigenvalue weighted by Crippen LogP contribution is -2.40. The topological polar surface area (TPSA) is 34.1 Å². The van der Waals surface area contributed by atoms with E-state index in [9.17, 15) is 35.9 Å². The van der Waals surface area contributed by atoms with Gasteiger partial charge in [0.1, 0.15) is 11.2 Å². The Morgan fingerprint density at radius 2 is 1.42 bits per heavy atom. The van der Waals surface area contributed by atoms with Gasteiger partial charge in [-0.05, 0) is 13.8 Å². The van der Waals surface area contributed by atoms with E-state index in [0.717, 1.165) is 6.92 Å². The molecule has 0 rings (SSSR count). The molecular formula is C11H14F6O2. The van der Waals surface area contributed by atoms with Crippen molar-refractivity contribution >= 4 is 11.6 Å². The first-order valence-electron chi connectivity index (χ1n) is 5.38. The average molecular weight is 292 g/mol. The summed E-state index contributed by atoms with van der Waals surface area (Å²) in [6.45, 7) is 1.92. The molecule has 19 heavy (non-hydrogen) atoms. The molecule has 1 unspecified atom stereocenters. The van der Waals surface area contributed by atoms with Crippen LogP contribution < -0.4 is 0 Å². The highest BCUT2D eigenvalue weighted by Crippen LogP contribution is 2.39. The summed E-state index contributed by atoms with van der Waals surface area (Å²) in [7, 11) is 0. The fourth-order valence-electron chi connectivity index (χ4n) is 1.09. The summed E-state index contributed by atoms with van der Waals surface area (Å²) >= 11 is 0. The van der Waals surface area contributed by atoms with Gasteiger partial charge >= 0.3 is 12.4 Å². The number of carbonyl (C=O) groups is 2. The van der Waals surface area contributed by atoms with E-state index in [0.29, 0.717) is 13.8 Å². The van der Waals surface area contributed by atoms with Gasteiger partial charge in [0.2, 0.25) is 0 Å². The van der Waals surface area contributed by atoms with E-state index in [4.69, 9.17) is 0 Å². The second-order valence-corrected chi connectivity index (χ2v) is 4.91. The first-order chi connectivity index (χ1) is 8.19. The highest BCUT2D eigenvalue weighted by atomic mass is 19.4. The van der Waals surface area contributed by atoms with Gasteiger partial charge in [0.15, 0.2) is 5.78 Å². The molecule has 0 aliphatic carbocycles. The molecule has 0 amide bonds. The van der Waals surface area contributed by atoms with Crippen LogP contribution in [0.4, 0.5) is 26.3 Å². The van der Waals surface area contributed by atoms with Crippen LogP contribution in [0.2, 0.25) is 0 Å². The van der Waals surface area contributed by atoms with Crippen LogP contribution >= 0.6 is 0 Å². The molecule has 0 bridgehead atoms. The van der Waals surface area contributed by atoms with Gasteiger partial charge in [0, 0.05) is 6.42 Å². The third-order valence-corrected chi connectivity index (χ3v) is 2.86. The normalized spacial score (nSPS) is 15.2. The summed E-state index contributed by atoms with van der Waals surface area (Å²) in [5.41, 5.74) is -2.75. The molecule has 0 saturated heterocycles. The second-order valence-electron chi connectivity index (χ2n) is 4.91. The lowest BCUT2D eigenvalue weighted by Gasteiger charge is -2.26. The van der Waals surface area contributed by atoms with Gasteiger partial charge in [-0.25, -0.2) is 0 Å². The minimum Gasteiger partial charge on any atom is -0.299 e. The number of hydrogen-bond donors (Lipinski definition) is 0. The number of carbonyl (C=O) groups excluding carboxylic acids is 2. The summed E-state index contributed by atoms with van der Waals surface area (Å²) in [5.74, 6) is -4.56. The van der Waals surface area contributed by atoms with Crippen LogP contribution in [-0.4, -0.2) is 23.9 Å². The molecule has 0 heterocycles. The molecule has 0 fully saturated rings. The van der Waals surface area contributed by atoms with E-state index < -0.39 is 48.1 Å². The van der Waals surface area contributed by atoms with Crippen LogP contribution in [0.3, 0.4) is 0 Å². The molecule has 0 aromatic heterocycles. The molecule has 0 N–H and O–H groups in total. The Kier molecular flexibility index (Phi) is 5.19. The summed E-state index contributed by atoms with van der Waals surface area (Å²) in [4.78, 5) is 22.5. The smallest absolute Gasteiger partial charge is 0.299 e. The number of Topliss-reactive ketones (excluding diaryl/α,β-unsaturated/α-hetero) is 2. The van der Waals surface area contributed by atoms with E-state index in [1.165, 1.54) is 0 Å². The zero-order valence-electron chi connectivity index (χ0n) is 10.6. The fourth-order valence-corrected chi connectivity index (χ4v) is 1.09. The number of halogens is 6. The van der Waals surface area contributed by atoms with Gasteiger partial charge in [-0.2, -0.15) is 26.3 Å². The number of ketones is 2. The van der Waals surface area contributed by atoms with Crippen LogP contribution in [0.25, 0.3) is 0 Å². The monoisotopic (exact) mass is 292 g/mol. The Bertz CT molecular complexity index is 353. The predicted molar refractivity (Wildman–Crippen MR) is 54.3 cm³/mol. The van der Waals surface area contributed by atoms with Crippen molar-refractivity contribution < 1.29 is 35.9 Å². The summed E-state index contributed by atoms with van der Waals surface area (Å²) in [5, 5.41) is 0. The molecule has 0 aromatic rings. The van der Waals surface area contributed by atoms with Gasteiger partial charge < -0.3 is 0 Å². The highest BCUT2D eigenvalue weighted by molar-refractivity contribution is 6.01. The Hall–Kier alpha value is -1.08. The number of rotatable bonds is 5. The maximum atomic E-state index is 12.5. The van der Waals surface area contributed by atoms with E-state index in [1.54, 1.807) is 0 Å². The van der Waals surface area contributed by atoms with Crippen molar-refractivity contribution in [1.82, 2.24) is 0 Å². The lowest BCUT2D eigenvalue weighted by atomic mass is 9.84. The van der Waals surface area contributed by atoms with Gasteiger partial charge in [0.25, 0.3) is 0 Å². The number of hydrogen-bond acceptors (Lipinski definition) is 2. The fraction of sp³-hybridized carbons (Fsp3) is 0.818. The Balaban J connectivity index is 4.64. The molecule has 2 nitrogen and oxygen atoms in total. The van der Waals surface area contributed by atoms with Crippen LogP contribution in [0.5, 0.6) is 0 Å². The van der Waals surface area contributed by atoms with Gasteiger partial charge in [0.05, 0.1) is 12.3 Å². The van der Waals surface area contributed by atoms with E-state index in [1.807, 2.05) is 0 Å². The van der Waals surface area contributed by atoms with Crippen LogP contribution in [0, 0.1) is 11.3 Å². The Labute approximate surface area is 106 Å². The summed E-state index contributed by atoms with van der Waals surface area (Å²) < 4.78 is 73.9. The zero-order chi connectivity index (χ0) is 15.6. The van der Waals surface area contributed by atoms with E-state index >= 15 is 0 Å². The Morgan fingerprint density at radius 3 is 1.74 bits per heavy atom. The Morgan fingerprint density at radius 1 is 1.00 bits per heavy atom. The predicted octanol–water partition coefficient (Wildman–Crippen LogP) is 3.69. The SMILES string of the molecule is CC(CC(=O)CC(=O)C(C)(C)C(F)(F)F)C(F)(F)F. The maximum Gasteiger partial charge on any atom is 0.400 e. The van der Waals surface area contributed by atoms with Crippen molar-refractivity contribution in [2.24, 2.45) is 11.3 Å². The molecule has 8 heteroatoms. The molecule has 0 aliphatic rings. The molecule has 0 radical (unpaired) electrons. The lowest BCUT2D eigenvalue weighted by molar-refractivity contribution is -0.210. The number of alkyl halides is 6. The molecule has 0 aromatic carbocycles. The average Bonchev–Trinajstić information content (AvgIpc) is 2.13. The van der Waals surface area contributed by atoms with E-state index in [2.05, 4.69) is 0 Å². The first-order valence-corrected chi connectivity index (χ1v) is 5.38. The molecule has 0 saturated carbocycles. The van der Waals surface area contributed by atoms with Gasteiger partial charge in [-0.3, -0.25) is 9.59 Å². The quantitative estimate of drug-likeness (QED) is 0.572. The maximum absolute atomic E-state index is 12.5. The summed E-state index contributed by atoms with van der Waals surface area (Å²) in [6.07, 6.45) is -11.6. The minimum atomic E-state index is -4.85. The standard InChI is InChI=1S/C11H14F6O2/c1-6(10(12,13)14)4-7(18)5-8(19)9(2,3)11(15,16)17/h6H,4-5H2,1-3H3. The largest absolute Gasteiger partial charge is 0.400 e. The third-order valence-electron chi connectivity index (χ3n) is 2.86. The van der Waals surface area contributed by atoms with Crippen LogP contribution in [0.1, 0.15) is 33.6 Å². The molecule has 0 spiro atoms. The van der Waals surface area contributed by atoms with Gasteiger partial charge in [-0.15, -0.1) is 0 Å². The minimum absolute atomic E-state index is 0.593. The zero-order valence-corrected chi connectivity index (χ0v) is 10.6. The highest BCUT2D eigenvalue weighted by Gasteiger charge is 2.52. The molecular weight excluding hydrogens is 278 g/mol. The van der Waals surface area contributed by atoms with Crippen molar-refractivity contribution in [3.05, 3.63) is 0 Å². The summed E-state index contributed by atoms with van der Waals surface area (Å²) in [6, 6.07) is 0.